The number of ether oxygens (including phenoxy) is 1. The summed E-state index contributed by atoms with van der Waals surface area (Å²) in [6.45, 7) is 4.95. The Morgan fingerprint density at radius 1 is 0.364 bits per heavy atom. The van der Waals surface area contributed by atoms with Crippen molar-refractivity contribution in [3.8, 4) is 0 Å². The van der Waals surface area contributed by atoms with E-state index < -0.39 is 12.1 Å². The predicted molar refractivity (Wildman–Crippen MR) is 338 cm³/mol. The van der Waals surface area contributed by atoms with Crippen molar-refractivity contribution in [3.05, 3.63) is 48.6 Å². The van der Waals surface area contributed by atoms with E-state index in [9.17, 15) is 19.8 Å². The lowest BCUT2D eigenvalue weighted by molar-refractivity contribution is -0.143. The molecule has 0 saturated carbocycles. The molecule has 0 aliphatic heterocycles. The highest BCUT2D eigenvalue weighted by Gasteiger charge is 2.20. The molecular weight excluding hydrogens is 947 g/mol. The van der Waals surface area contributed by atoms with Gasteiger partial charge in [0, 0.05) is 12.8 Å². The maximum absolute atomic E-state index is 12.5. The second-order valence-corrected chi connectivity index (χ2v) is 23.5. The lowest BCUT2D eigenvalue weighted by Crippen LogP contribution is -2.45. The van der Waals surface area contributed by atoms with Gasteiger partial charge in [-0.2, -0.15) is 0 Å². The third-order valence-electron chi connectivity index (χ3n) is 15.9. The zero-order valence-corrected chi connectivity index (χ0v) is 51.7. The summed E-state index contributed by atoms with van der Waals surface area (Å²) < 4.78 is 5.49. The van der Waals surface area contributed by atoms with Crippen LogP contribution in [0.25, 0.3) is 0 Å². The molecule has 2 unspecified atom stereocenters. The van der Waals surface area contributed by atoms with E-state index in [2.05, 4.69) is 67.8 Å². The molecule has 0 aromatic carbocycles. The molecule has 1 amide bonds. The molecule has 0 radical (unpaired) electrons. The molecule has 0 aromatic rings. The molecule has 0 spiro atoms. The lowest BCUT2D eigenvalue weighted by Gasteiger charge is -2.22. The summed E-state index contributed by atoms with van der Waals surface area (Å²) in [6.07, 6.45) is 85.7. The number of amides is 1. The van der Waals surface area contributed by atoms with Crippen LogP contribution in [0.15, 0.2) is 48.6 Å². The number of carbonyl (C=O) groups is 2. The second-order valence-electron chi connectivity index (χ2n) is 23.5. The second kappa shape index (κ2) is 66.3. The van der Waals surface area contributed by atoms with Crippen LogP contribution in [-0.2, 0) is 14.3 Å². The first-order valence-electron chi connectivity index (χ1n) is 34.4. The highest BCUT2D eigenvalue weighted by Crippen LogP contribution is 2.18. The van der Waals surface area contributed by atoms with Gasteiger partial charge in [0.2, 0.25) is 5.91 Å². The van der Waals surface area contributed by atoms with Gasteiger partial charge in [-0.25, -0.2) is 0 Å². The standard InChI is InChI=1S/C71H133NO5/c1-3-5-7-9-11-13-15-17-19-21-33-37-41-45-49-53-57-61-65-71(76)77-66-62-58-54-50-46-42-38-34-30-28-26-24-22-23-25-27-29-32-36-40-44-48-52-56-60-64-70(75)72-68(67-73)69(74)63-59-55-51-47-43-39-35-31-20-18-16-14-12-10-8-6-4-2/h13,15,19,21,23-26,68-69,73-74H,3-12,14,16-18,20,22,27-67H2,1-2H3,(H,72,75)/b15-13-,21-19-,25-23-,26-24-. The molecule has 0 heterocycles. The van der Waals surface area contributed by atoms with Crippen molar-refractivity contribution < 1.29 is 24.5 Å². The fraction of sp³-hybridized carbons (Fsp3) is 0.859. The normalized spacial score (nSPS) is 12.8. The Bertz CT molecular complexity index is 1290. The smallest absolute Gasteiger partial charge is 0.305 e. The third-order valence-corrected chi connectivity index (χ3v) is 15.9. The first-order chi connectivity index (χ1) is 38.0. The SMILES string of the molecule is CCCCCC/C=C\C/C=C\CCCCCCCCCC(=O)OCCCCCCCCCCC/C=C\C/C=C\CCCCCCCCCCCC(=O)NC(CO)C(O)CCCCCCCCCCCCCCCCCCC. The molecule has 3 N–H and O–H groups in total. The van der Waals surface area contributed by atoms with Crippen LogP contribution < -0.4 is 5.32 Å². The average molecular weight is 1080 g/mol. The fourth-order valence-electron chi connectivity index (χ4n) is 10.6. The van der Waals surface area contributed by atoms with E-state index in [4.69, 9.17) is 4.74 Å². The molecular formula is C71H133NO5. The van der Waals surface area contributed by atoms with Crippen LogP contribution in [0.5, 0.6) is 0 Å². The molecule has 2 atom stereocenters. The first-order valence-corrected chi connectivity index (χ1v) is 34.4. The van der Waals surface area contributed by atoms with E-state index in [0.29, 0.717) is 25.9 Å². The van der Waals surface area contributed by atoms with E-state index in [-0.39, 0.29) is 18.5 Å². The van der Waals surface area contributed by atoms with Crippen molar-refractivity contribution in [1.29, 1.82) is 0 Å². The van der Waals surface area contributed by atoms with Gasteiger partial charge in [-0.1, -0.05) is 313 Å². The predicted octanol–water partition coefficient (Wildman–Crippen LogP) is 22.1. The summed E-state index contributed by atoms with van der Waals surface area (Å²) in [5.41, 5.74) is 0. The van der Waals surface area contributed by atoms with Gasteiger partial charge in [0.15, 0.2) is 0 Å². The fourth-order valence-corrected chi connectivity index (χ4v) is 10.6. The molecule has 77 heavy (non-hydrogen) atoms. The Balaban J connectivity index is 3.43. The number of esters is 1. The van der Waals surface area contributed by atoms with Crippen LogP contribution in [0, 0.1) is 0 Å². The van der Waals surface area contributed by atoms with E-state index in [1.165, 1.54) is 276 Å². The molecule has 0 aromatic heterocycles. The monoisotopic (exact) mass is 1080 g/mol. The van der Waals surface area contributed by atoms with E-state index in [1.807, 2.05) is 0 Å². The summed E-state index contributed by atoms with van der Waals surface area (Å²) in [5.74, 6) is -0.0371. The van der Waals surface area contributed by atoms with Gasteiger partial charge in [0.1, 0.15) is 0 Å². The van der Waals surface area contributed by atoms with Gasteiger partial charge in [0.05, 0.1) is 25.4 Å². The Hall–Kier alpha value is -2.18. The molecule has 0 bridgehead atoms. The minimum atomic E-state index is -0.670. The minimum Gasteiger partial charge on any atom is -0.466 e. The zero-order valence-electron chi connectivity index (χ0n) is 51.7. The van der Waals surface area contributed by atoms with Crippen molar-refractivity contribution >= 4 is 11.9 Å². The quantitative estimate of drug-likeness (QED) is 0.0320. The summed E-state index contributed by atoms with van der Waals surface area (Å²) in [4.78, 5) is 24.6. The highest BCUT2D eigenvalue weighted by molar-refractivity contribution is 5.76. The van der Waals surface area contributed by atoms with Crippen LogP contribution in [0.4, 0.5) is 0 Å². The van der Waals surface area contributed by atoms with Gasteiger partial charge in [-0.15, -0.1) is 0 Å². The number of unbranched alkanes of at least 4 members (excludes halogenated alkanes) is 45. The number of aliphatic hydroxyl groups is 2. The van der Waals surface area contributed by atoms with Crippen molar-refractivity contribution in [3.63, 3.8) is 0 Å². The molecule has 0 aliphatic carbocycles. The summed E-state index contributed by atoms with van der Waals surface area (Å²) >= 11 is 0. The van der Waals surface area contributed by atoms with Crippen LogP contribution in [0.1, 0.15) is 367 Å². The molecule has 0 fully saturated rings. The first kappa shape index (κ1) is 74.8. The molecule has 0 saturated heterocycles. The Morgan fingerprint density at radius 3 is 1.00 bits per heavy atom. The Morgan fingerprint density at radius 2 is 0.649 bits per heavy atom. The highest BCUT2D eigenvalue weighted by atomic mass is 16.5. The number of carbonyl (C=O) groups excluding carboxylic acids is 2. The van der Waals surface area contributed by atoms with Gasteiger partial charge < -0.3 is 20.3 Å². The number of nitrogens with one attached hydrogen (secondary N) is 1. The van der Waals surface area contributed by atoms with E-state index in [1.54, 1.807) is 0 Å². The zero-order chi connectivity index (χ0) is 55.7. The number of hydrogen-bond donors (Lipinski definition) is 3. The minimum absolute atomic E-state index is 0.00184. The number of hydrogen-bond acceptors (Lipinski definition) is 5. The van der Waals surface area contributed by atoms with Crippen LogP contribution in [0.2, 0.25) is 0 Å². The van der Waals surface area contributed by atoms with Gasteiger partial charge in [-0.3, -0.25) is 9.59 Å². The van der Waals surface area contributed by atoms with Gasteiger partial charge in [0.25, 0.3) is 0 Å². The van der Waals surface area contributed by atoms with Crippen LogP contribution >= 0.6 is 0 Å². The lowest BCUT2D eigenvalue weighted by atomic mass is 10.0. The van der Waals surface area contributed by atoms with Crippen molar-refractivity contribution in [2.45, 2.75) is 379 Å². The van der Waals surface area contributed by atoms with Gasteiger partial charge in [-0.05, 0) is 89.9 Å². The van der Waals surface area contributed by atoms with E-state index in [0.717, 1.165) is 57.8 Å². The Labute approximate surface area is 480 Å². The maximum atomic E-state index is 12.5. The molecule has 6 heteroatoms. The Kier molecular flexibility index (Phi) is 64.5. The van der Waals surface area contributed by atoms with Crippen molar-refractivity contribution in [2.75, 3.05) is 13.2 Å². The third kappa shape index (κ3) is 62.9. The summed E-state index contributed by atoms with van der Waals surface area (Å²) in [7, 11) is 0. The number of rotatable bonds is 64. The van der Waals surface area contributed by atoms with Crippen molar-refractivity contribution in [1.82, 2.24) is 5.32 Å². The van der Waals surface area contributed by atoms with Crippen molar-refractivity contribution in [2.24, 2.45) is 0 Å². The number of allylic oxidation sites excluding steroid dienone is 8. The number of aliphatic hydroxyl groups excluding tert-OH is 2. The molecule has 0 aliphatic rings. The maximum Gasteiger partial charge on any atom is 0.305 e. The van der Waals surface area contributed by atoms with E-state index >= 15 is 0 Å². The summed E-state index contributed by atoms with van der Waals surface area (Å²) in [5, 5.41) is 23.3. The molecule has 452 valence electrons. The van der Waals surface area contributed by atoms with Gasteiger partial charge >= 0.3 is 5.97 Å². The molecule has 6 nitrogen and oxygen atoms in total. The average Bonchev–Trinajstić information content (AvgIpc) is 3.43. The summed E-state index contributed by atoms with van der Waals surface area (Å²) in [6, 6.07) is -0.547. The van der Waals surface area contributed by atoms with Crippen LogP contribution in [0.3, 0.4) is 0 Å². The van der Waals surface area contributed by atoms with Crippen LogP contribution in [-0.4, -0.2) is 47.4 Å². The topological polar surface area (TPSA) is 95.9 Å². The largest absolute Gasteiger partial charge is 0.466 e. The molecule has 0 rings (SSSR count).